The molecule has 2 aromatic rings. The third-order valence-corrected chi connectivity index (χ3v) is 4.51. The molecule has 0 unspecified atom stereocenters. The van der Waals surface area contributed by atoms with Gasteiger partial charge in [-0.1, -0.05) is 18.2 Å². The number of carbonyl (C=O) groups is 2. The Balaban J connectivity index is 1.55. The molecule has 1 aromatic carbocycles. The second-order valence-corrected chi connectivity index (χ2v) is 6.27. The van der Waals surface area contributed by atoms with E-state index in [9.17, 15) is 9.59 Å². The van der Waals surface area contributed by atoms with Gasteiger partial charge in [0.05, 0.1) is 18.2 Å². The topological polar surface area (TPSA) is 77.5 Å². The predicted molar refractivity (Wildman–Crippen MR) is 96.2 cm³/mol. The molecule has 3 rings (SSSR count). The summed E-state index contributed by atoms with van der Waals surface area (Å²) in [7, 11) is 1.31. The van der Waals surface area contributed by atoms with Gasteiger partial charge in [0.15, 0.2) is 0 Å². The Labute approximate surface area is 152 Å². The van der Waals surface area contributed by atoms with E-state index < -0.39 is 5.97 Å². The van der Waals surface area contributed by atoms with Crippen molar-refractivity contribution < 1.29 is 19.1 Å². The minimum absolute atomic E-state index is 0.0665. The first-order valence-corrected chi connectivity index (χ1v) is 8.73. The first kappa shape index (κ1) is 17.9. The van der Waals surface area contributed by atoms with Crippen LogP contribution < -0.4 is 10.1 Å². The number of hydrogen-bond donors (Lipinski definition) is 1. The van der Waals surface area contributed by atoms with Crippen molar-refractivity contribution in [1.29, 1.82) is 0 Å². The number of aromatic nitrogens is 1. The first-order valence-electron chi connectivity index (χ1n) is 8.73. The Kier molecular flexibility index (Phi) is 5.84. The molecule has 6 heteroatoms. The number of carbonyl (C=O) groups excluding carboxylic acids is 2. The van der Waals surface area contributed by atoms with E-state index in [0.717, 1.165) is 25.7 Å². The Morgan fingerprint density at radius 2 is 1.69 bits per heavy atom. The number of benzene rings is 1. The quantitative estimate of drug-likeness (QED) is 0.835. The van der Waals surface area contributed by atoms with Crippen molar-refractivity contribution in [2.45, 2.75) is 37.8 Å². The van der Waals surface area contributed by atoms with E-state index >= 15 is 0 Å². The molecule has 1 saturated carbocycles. The minimum atomic E-state index is -0.511. The summed E-state index contributed by atoms with van der Waals surface area (Å²) >= 11 is 0. The van der Waals surface area contributed by atoms with Gasteiger partial charge in [-0.3, -0.25) is 4.79 Å². The number of nitrogens with one attached hydrogen (secondary N) is 1. The molecule has 0 radical (unpaired) electrons. The lowest BCUT2D eigenvalue weighted by molar-refractivity contribution is 0.0595. The third kappa shape index (κ3) is 4.39. The van der Waals surface area contributed by atoms with Crippen molar-refractivity contribution in [3.8, 4) is 5.88 Å². The van der Waals surface area contributed by atoms with Gasteiger partial charge in [0, 0.05) is 18.3 Å². The van der Waals surface area contributed by atoms with E-state index in [1.54, 1.807) is 30.5 Å². The molecule has 0 atom stereocenters. The highest BCUT2D eigenvalue weighted by molar-refractivity contribution is 6.05. The van der Waals surface area contributed by atoms with Gasteiger partial charge in [-0.2, -0.15) is 0 Å². The summed E-state index contributed by atoms with van der Waals surface area (Å²) in [6.45, 7) is 0. The summed E-state index contributed by atoms with van der Waals surface area (Å²) in [6.07, 6.45) is 5.16. The van der Waals surface area contributed by atoms with Crippen molar-refractivity contribution in [1.82, 2.24) is 10.3 Å². The summed E-state index contributed by atoms with van der Waals surface area (Å²) in [4.78, 5) is 28.6. The molecule has 0 saturated heterocycles. The van der Waals surface area contributed by atoms with Crippen molar-refractivity contribution >= 4 is 11.9 Å². The Bertz CT molecular complexity index is 755. The molecule has 1 aliphatic rings. The molecule has 1 aromatic heterocycles. The van der Waals surface area contributed by atoms with Crippen molar-refractivity contribution in [3.05, 3.63) is 59.8 Å². The fourth-order valence-corrected chi connectivity index (χ4v) is 3.14. The van der Waals surface area contributed by atoms with E-state index in [1.807, 2.05) is 18.2 Å². The molecular formula is C20H22N2O4. The van der Waals surface area contributed by atoms with Crippen LogP contribution >= 0.6 is 0 Å². The Morgan fingerprint density at radius 3 is 2.35 bits per heavy atom. The number of methoxy groups -OCH3 is 1. The maximum Gasteiger partial charge on any atom is 0.338 e. The van der Waals surface area contributed by atoms with Gasteiger partial charge in [-0.25, -0.2) is 9.78 Å². The van der Waals surface area contributed by atoms with Crippen LogP contribution in [0.25, 0.3) is 0 Å². The zero-order chi connectivity index (χ0) is 18.4. The van der Waals surface area contributed by atoms with Gasteiger partial charge in [0.25, 0.3) is 5.91 Å². The fourth-order valence-electron chi connectivity index (χ4n) is 3.14. The van der Waals surface area contributed by atoms with Gasteiger partial charge in [-0.15, -0.1) is 0 Å². The van der Waals surface area contributed by atoms with Crippen LogP contribution in [-0.2, 0) is 4.74 Å². The van der Waals surface area contributed by atoms with Crippen molar-refractivity contribution in [2.75, 3.05) is 7.11 Å². The van der Waals surface area contributed by atoms with Gasteiger partial charge in [0.1, 0.15) is 6.10 Å². The Hall–Kier alpha value is -2.89. The average molecular weight is 354 g/mol. The zero-order valence-electron chi connectivity index (χ0n) is 14.7. The summed E-state index contributed by atoms with van der Waals surface area (Å²) in [5, 5.41) is 3.02. The lowest BCUT2D eigenvalue weighted by atomic mass is 9.92. The van der Waals surface area contributed by atoms with E-state index in [2.05, 4.69) is 10.3 Å². The number of ether oxygens (including phenoxy) is 2. The van der Waals surface area contributed by atoms with E-state index in [0.29, 0.717) is 11.4 Å². The number of rotatable bonds is 5. The van der Waals surface area contributed by atoms with Gasteiger partial charge >= 0.3 is 5.97 Å². The van der Waals surface area contributed by atoms with Crippen LogP contribution in [0.2, 0.25) is 0 Å². The molecule has 1 amide bonds. The summed E-state index contributed by atoms with van der Waals surface area (Å²) in [5.74, 6) is -0.129. The molecule has 0 aliphatic heterocycles. The van der Waals surface area contributed by atoms with Gasteiger partial charge in [-0.05, 0) is 43.9 Å². The highest BCUT2D eigenvalue weighted by atomic mass is 16.5. The second-order valence-electron chi connectivity index (χ2n) is 6.27. The summed E-state index contributed by atoms with van der Waals surface area (Å²) in [5.41, 5.74) is 0.617. The van der Waals surface area contributed by atoms with E-state index in [-0.39, 0.29) is 23.6 Å². The number of pyridine rings is 1. The standard InChI is InChI=1S/C20H22N2O4/c1-25-20(24)17-7-3-2-6-16(17)19(23)22-14-9-11-15(12-10-14)26-18-8-4-5-13-21-18/h2-8,13-15H,9-12H2,1H3,(H,22,23). The molecule has 136 valence electrons. The van der Waals surface area contributed by atoms with Gasteiger partial charge < -0.3 is 14.8 Å². The smallest absolute Gasteiger partial charge is 0.338 e. The highest BCUT2D eigenvalue weighted by Gasteiger charge is 2.25. The van der Waals surface area contributed by atoms with Crippen molar-refractivity contribution in [2.24, 2.45) is 0 Å². The molecule has 6 nitrogen and oxygen atoms in total. The van der Waals surface area contributed by atoms with Crippen LogP contribution in [-0.4, -0.2) is 36.1 Å². The number of amides is 1. The highest BCUT2D eigenvalue weighted by Crippen LogP contribution is 2.23. The Morgan fingerprint density at radius 1 is 1.00 bits per heavy atom. The fraction of sp³-hybridized carbons (Fsp3) is 0.350. The second kappa shape index (κ2) is 8.47. The molecular weight excluding hydrogens is 332 g/mol. The van der Waals surface area contributed by atoms with Crippen LogP contribution in [0, 0.1) is 0 Å². The maximum atomic E-state index is 12.6. The monoisotopic (exact) mass is 354 g/mol. The summed E-state index contributed by atoms with van der Waals surface area (Å²) < 4.78 is 10.6. The SMILES string of the molecule is COC(=O)c1ccccc1C(=O)NC1CCC(Oc2ccccn2)CC1. The molecule has 0 spiro atoms. The normalized spacial score (nSPS) is 19.4. The molecule has 1 heterocycles. The maximum absolute atomic E-state index is 12.6. The predicted octanol–water partition coefficient (Wildman–Crippen LogP) is 2.99. The lowest BCUT2D eigenvalue weighted by Crippen LogP contribution is -2.40. The van der Waals surface area contributed by atoms with Crippen molar-refractivity contribution in [3.63, 3.8) is 0 Å². The van der Waals surface area contributed by atoms with Crippen LogP contribution in [0.1, 0.15) is 46.4 Å². The molecule has 26 heavy (non-hydrogen) atoms. The van der Waals surface area contributed by atoms with Crippen LogP contribution in [0.5, 0.6) is 5.88 Å². The average Bonchev–Trinajstić information content (AvgIpc) is 2.69. The minimum Gasteiger partial charge on any atom is -0.474 e. The zero-order valence-corrected chi connectivity index (χ0v) is 14.7. The number of hydrogen-bond acceptors (Lipinski definition) is 5. The third-order valence-electron chi connectivity index (χ3n) is 4.51. The molecule has 1 aliphatic carbocycles. The van der Waals surface area contributed by atoms with Crippen LogP contribution in [0.4, 0.5) is 0 Å². The summed E-state index contributed by atoms with van der Waals surface area (Å²) in [6, 6.07) is 12.3. The van der Waals surface area contributed by atoms with Gasteiger partial charge in [0.2, 0.25) is 5.88 Å². The largest absolute Gasteiger partial charge is 0.474 e. The molecule has 1 fully saturated rings. The lowest BCUT2D eigenvalue weighted by Gasteiger charge is -2.29. The van der Waals surface area contributed by atoms with Crippen LogP contribution in [0.15, 0.2) is 48.7 Å². The first-order chi connectivity index (χ1) is 12.7. The molecule has 0 bridgehead atoms. The number of nitrogens with zero attached hydrogens (tertiary/aromatic N) is 1. The van der Waals surface area contributed by atoms with E-state index in [1.165, 1.54) is 7.11 Å². The van der Waals surface area contributed by atoms with Crippen LogP contribution in [0.3, 0.4) is 0 Å². The molecule has 1 N–H and O–H groups in total. The van der Waals surface area contributed by atoms with E-state index in [4.69, 9.17) is 9.47 Å². The number of esters is 1.